The third-order valence-corrected chi connectivity index (χ3v) is 10.4. The van der Waals surface area contributed by atoms with Crippen molar-refractivity contribution in [2.45, 2.75) is 26.7 Å². The van der Waals surface area contributed by atoms with Crippen molar-refractivity contribution in [2.75, 3.05) is 89.1 Å². The number of fused-ring (bicyclic) bond motifs is 2. The molecule has 16 nitrogen and oxygen atoms in total. The van der Waals surface area contributed by atoms with Crippen molar-refractivity contribution >= 4 is 77.3 Å². The van der Waals surface area contributed by atoms with Crippen molar-refractivity contribution in [3.05, 3.63) is 99.6 Å². The lowest BCUT2D eigenvalue weighted by Crippen LogP contribution is -2.28. The quantitative estimate of drug-likeness (QED) is 0.0647. The Morgan fingerprint density at radius 1 is 0.889 bits per heavy atom. The standard InChI is InChI=1S/C43H49BClF2N9O7/c1-27-22-28(2)56(44(46)47)36(27)25-32-9-8-31(51-32)10-13-39(57)48-14-16-61-18-20-63-21-19-62-17-15-49-41(58)29-6-11-34(38(23-29)60-5)52-43-50-26-37-40(53-43)54(3)35-12-7-30(45)24-33(35)42(59)55(37)4/h6-9,11-12,22-26H,10,13-21H2,1-5H3,(H,48,57)(H,49,58)(H,50,52,53)/b32-25-. The van der Waals surface area contributed by atoms with Gasteiger partial charge in [-0.2, -0.15) is 4.98 Å². The van der Waals surface area contributed by atoms with E-state index in [1.807, 2.05) is 7.05 Å². The fourth-order valence-electron chi connectivity index (χ4n) is 6.88. The van der Waals surface area contributed by atoms with E-state index in [4.69, 9.17) is 35.5 Å². The maximum absolute atomic E-state index is 13.5. The van der Waals surface area contributed by atoms with Gasteiger partial charge in [0.05, 0.1) is 75.6 Å². The summed E-state index contributed by atoms with van der Waals surface area (Å²) in [6, 6.07) is 11.8. The zero-order valence-corrected chi connectivity index (χ0v) is 36.4. The highest BCUT2D eigenvalue weighted by molar-refractivity contribution is 6.41. The number of aryl methyl sites for hydroxylation is 2. The van der Waals surface area contributed by atoms with Crippen molar-refractivity contribution in [3.8, 4) is 5.75 Å². The number of amides is 3. The van der Waals surface area contributed by atoms with E-state index < -0.39 is 7.40 Å². The minimum atomic E-state index is -2.64. The van der Waals surface area contributed by atoms with Crippen LogP contribution in [0.3, 0.4) is 0 Å². The molecule has 2 aromatic heterocycles. The van der Waals surface area contributed by atoms with Gasteiger partial charge in [-0.25, -0.2) is 4.98 Å². The van der Waals surface area contributed by atoms with Gasteiger partial charge in [0.2, 0.25) is 11.9 Å². The highest BCUT2D eigenvalue weighted by atomic mass is 35.5. The molecule has 0 saturated carbocycles. The van der Waals surface area contributed by atoms with Gasteiger partial charge >= 0.3 is 7.40 Å². The Hall–Kier alpha value is -6.15. The van der Waals surface area contributed by atoms with E-state index in [9.17, 15) is 23.0 Å². The van der Waals surface area contributed by atoms with E-state index in [2.05, 4.69) is 25.9 Å². The van der Waals surface area contributed by atoms with Crippen LogP contribution in [0.15, 0.2) is 71.5 Å². The van der Waals surface area contributed by atoms with Gasteiger partial charge in [0.1, 0.15) is 11.4 Å². The van der Waals surface area contributed by atoms with Gasteiger partial charge in [0, 0.05) is 61.3 Å². The number of hydrogen-bond acceptors (Lipinski definition) is 12. The van der Waals surface area contributed by atoms with Gasteiger partial charge in [-0.05, 0) is 86.5 Å². The molecule has 0 aliphatic carbocycles. The van der Waals surface area contributed by atoms with Crippen molar-refractivity contribution in [3.63, 3.8) is 0 Å². The average Bonchev–Trinajstić information content (AvgIpc) is 3.83. The molecule has 2 aromatic carbocycles. The topological polar surface area (TPSA) is 174 Å². The summed E-state index contributed by atoms with van der Waals surface area (Å²) in [7, 11) is 2.32. The zero-order chi connectivity index (χ0) is 45.0. The number of hydrogen-bond donors (Lipinski definition) is 3. The number of benzene rings is 2. The second kappa shape index (κ2) is 21.8. The normalized spacial score (nSPS) is 13.7. The van der Waals surface area contributed by atoms with Gasteiger partial charge in [0.15, 0.2) is 5.82 Å². The summed E-state index contributed by atoms with van der Waals surface area (Å²) < 4.78 is 50.2. The predicted octanol–water partition coefficient (Wildman–Crippen LogP) is 6.16. The van der Waals surface area contributed by atoms with Crippen LogP contribution in [0.25, 0.3) is 6.08 Å². The Kier molecular flexibility index (Phi) is 16.0. The van der Waals surface area contributed by atoms with E-state index in [-0.39, 0.29) is 43.2 Å². The molecule has 2 aliphatic heterocycles. The number of halogens is 3. The van der Waals surface area contributed by atoms with E-state index in [1.54, 1.807) is 92.7 Å². The van der Waals surface area contributed by atoms with Crippen LogP contribution in [0.4, 0.5) is 37.5 Å². The molecule has 0 unspecified atom stereocenters. The van der Waals surface area contributed by atoms with Crippen LogP contribution in [-0.2, 0) is 19.0 Å². The summed E-state index contributed by atoms with van der Waals surface area (Å²) in [5.74, 6) is 0.467. The molecule has 0 atom stereocenters. The average molecular weight is 888 g/mol. The first-order chi connectivity index (χ1) is 30.3. The van der Waals surface area contributed by atoms with Crippen LogP contribution in [0.5, 0.6) is 5.75 Å². The Balaban J connectivity index is 0.818. The molecule has 3 N–H and O–H groups in total. The fraction of sp³-hybridized carbons (Fsp3) is 0.349. The minimum absolute atomic E-state index is 0.143. The highest BCUT2D eigenvalue weighted by Crippen LogP contribution is 2.39. The SMILES string of the molecule is COc1cc(C(=O)NCCOCCOCCOCCNC(=O)CCC2=N/C(=C\c3c(C)cc(C)n3B(F)F)C=C2)ccc1Nc1ncc2c(n1)N(C)c1ccc(Cl)cc1C(=O)N2C. The maximum atomic E-state index is 13.5. The minimum Gasteiger partial charge on any atom is -0.495 e. The van der Waals surface area contributed by atoms with E-state index in [0.29, 0.717) is 114 Å². The predicted molar refractivity (Wildman–Crippen MR) is 239 cm³/mol. The molecule has 0 spiro atoms. The molecule has 0 saturated heterocycles. The van der Waals surface area contributed by atoms with Crippen LogP contribution in [0, 0.1) is 13.8 Å². The summed E-state index contributed by atoms with van der Waals surface area (Å²) in [5, 5.41) is 9.24. The summed E-state index contributed by atoms with van der Waals surface area (Å²) in [6.07, 6.45) is 7.40. The van der Waals surface area contributed by atoms with Crippen LogP contribution in [-0.4, -0.2) is 119 Å². The first-order valence-electron chi connectivity index (χ1n) is 20.2. The maximum Gasteiger partial charge on any atom is 0.677 e. The smallest absolute Gasteiger partial charge is 0.495 e. The van der Waals surface area contributed by atoms with Gasteiger partial charge in [-0.1, -0.05) is 11.6 Å². The summed E-state index contributed by atoms with van der Waals surface area (Å²) in [5.41, 5.74) is 5.43. The molecule has 332 valence electrons. The molecule has 4 aromatic rings. The fourth-order valence-corrected chi connectivity index (χ4v) is 7.05. The number of anilines is 5. The van der Waals surface area contributed by atoms with Gasteiger partial charge in [-0.15, -0.1) is 0 Å². The van der Waals surface area contributed by atoms with Crippen molar-refractivity contribution in [2.24, 2.45) is 4.99 Å². The Morgan fingerprint density at radius 2 is 1.60 bits per heavy atom. The van der Waals surface area contributed by atoms with E-state index in [1.165, 1.54) is 12.0 Å². The Labute approximate surface area is 369 Å². The number of nitrogens with one attached hydrogen (secondary N) is 3. The summed E-state index contributed by atoms with van der Waals surface area (Å²) in [4.78, 5) is 55.3. The van der Waals surface area contributed by atoms with E-state index >= 15 is 0 Å². The first kappa shape index (κ1) is 46.4. The lowest BCUT2D eigenvalue weighted by atomic mass is 10.1. The molecular formula is C43H49BClF2N9O7. The number of allylic oxidation sites excluding steroid dienone is 2. The van der Waals surface area contributed by atoms with Crippen LogP contribution >= 0.6 is 11.6 Å². The number of carbonyl (C=O) groups excluding carboxylic acids is 3. The van der Waals surface area contributed by atoms with Gasteiger partial charge in [-0.3, -0.25) is 28.0 Å². The molecule has 4 heterocycles. The number of nitrogens with zero attached hydrogens (tertiary/aromatic N) is 6. The second-order valence-corrected chi connectivity index (χ2v) is 14.9. The number of aromatic nitrogens is 3. The first-order valence-corrected chi connectivity index (χ1v) is 20.6. The van der Waals surface area contributed by atoms with Crippen LogP contribution in [0.2, 0.25) is 5.02 Å². The monoisotopic (exact) mass is 887 g/mol. The zero-order valence-electron chi connectivity index (χ0n) is 35.7. The number of methoxy groups -OCH3 is 1. The largest absolute Gasteiger partial charge is 0.677 e. The molecule has 2 aliphatic rings. The van der Waals surface area contributed by atoms with Gasteiger partial charge in [0.25, 0.3) is 11.8 Å². The van der Waals surface area contributed by atoms with Gasteiger partial charge < -0.3 is 49.2 Å². The number of aliphatic imine (C=N–C) groups is 1. The van der Waals surface area contributed by atoms with Crippen LogP contribution < -0.4 is 30.5 Å². The Morgan fingerprint density at radius 3 is 2.32 bits per heavy atom. The Bertz CT molecular complexity index is 2410. The molecule has 0 bridgehead atoms. The summed E-state index contributed by atoms with van der Waals surface area (Å²) in [6.45, 7) is 6.01. The van der Waals surface area contributed by atoms with E-state index in [0.717, 1.165) is 10.0 Å². The number of rotatable bonds is 21. The third-order valence-electron chi connectivity index (χ3n) is 10.1. The summed E-state index contributed by atoms with van der Waals surface area (Å²) >= 11 is 6.19. The molecule has 0 radical (unpaired) electrons. The van der Waals surface area contributed by atoms with Crippen molar-refractivity contribution < 1.29 is 42.0 Å². The second-order valence-electron chi connectivity index (χ2n) is 14.5. The number of carbonyl (C=O) groups is 3. The molecule has 20 heteroatoms. The highest BCUT2D eigenvalue weighted by Gasteiger charge is 2.30. The van der Waals surface area contributed by atoms with Crippen molar-refractivity contribution in [1.82, 2.24) is 25.1 Å². The van der Waals surface area contributed by atoms with Crippen molar-refractivity contribution in [1.29, 1.82) is 0 Å². The molecular weight excluding hydrogens is 839 g/mol. The molecule has 3 amide bonds. The molecule has 6 rings (SSSR count). The lowest BCUT2D eigenvalue weighted by molar-refractivity contribution is -0.121. The number of ether oxygens (including phenoxy) is 4. The third kappa shape index (κ3) is 11.9. The molecule has 63 heavy (non-hydrogen) atoms. The van der Waals surface area contributed by atoms with Crippen LogP contribution in [0.1, 0.15) is 50.5 Å². The molecule has 0 fully saturated rings. The lowest BCUT2D eigenvalue weighted by Gasteiger charge is -2.21.